The summed E-state index contributed by atoms with van der Waals surface area (Å²) in [6.45, 7) is 23.6. The van der Waals surface area contributed by atoms with E-state index in [4.69, 9.17) is 51.7 Å². The lowest BCUT2D eigenvalue weighted by Gasteiger charge is -2.52. The quantitative estimate of drug-likeness (QED) is 0.0199. The molecule has 2 N–H and O–H groups in total. The number of hydrogen-bond acceptors (Lipinski definition) is 20. The number of non-ortho nitro benzene ring substituents is 1. The maximum absolute atomic E-state index is 12.4. The van der Waals surface area contributed by atoms with Crippen molar-refractivity contribution in [3.05, 3.63) is 418 Å². The number of allylic oxidation sites excluding steroid dienone is 3. The highest BCUT2D eigenvalue weighted by Gasteiger charge is 2.48. The highest BCUT2D eigenvalue weighted by atomic mass is 35.5. The zero-order chi connectivity index (χ0) is 108. The summed E-state index contributed by atoms with van der Waals surface area (Å²) in [5, 5.41) is 40.6. The molecule has 5 aromatic heterocycles. The normalized spacial score (nSPS) is 13.0. The number of aryl methyl sites for hydroxylation is 1. The summed E-state index contributed by atoms with van der Waals surface area (Å²) in [6, 6.07) is 79.6. The standard InChI is InChI=1S/C19H15NO.C17H25NO2.C15H23NO.C13H10N2O4.C11H7Cl2NO.C11H6ClF3N2O.C11H8ClNO.C11H15NO2.C8H5NO/c21-15-16-11-13-19(14-12-16)20(17-7-3-1-4-8-17)18-9-5-2-6-10-18;1-16(2)5-7-18-8-6-17(3,4)13-14(18)12(16)9-11(10-19)15(13)20;1-3-5-11-16(12-6-4-2)15-9-7-14(13-17)8-10-15;1-14-7-10(6-12(14)8-16)13(17)9-2-4-11(5-3-9)15(18)19;12-8-4-9(13)6-11(5-8)14-3-1-2-10(14)7-15;12-9-4-7(11(13,14)15)5-16-10(9)17-3-1-2-8(17)6-18;12-9-3-5-10(6-4-9)13-7-1-2-11(13)8-14;1-3-12(4-2)10-6-5-9(8-13)11(14)7-10;9-5-7-1-3-8(6-10)4-2-7/h1-15H;10-11,20H,5-9H2,1-4H3;7-10,13H,3-6,11-12H2,1-2H3;2-8H,1H3;1-7H;1-6H;1-8H;5-8,14H,3-4H2,1-2H3;1-4,6H. The van der Waals surface area contributed by atoms with E-state index in [-0.39, 0.29) is 50.5 Å². The number of halogens is 7. The first-order chi connectivity index (χ1) is 71.0. The van der Waals surface area contributed by atoms with E-state index in [0.717, 1.165) is 141 Å². The van der Waals surface area contributed by atoms with Gasteiger partial charge in [-0.1, -0.05) is 149 Å². The second-order valence-electron chi connectivity index (χ2n) is 35.2. The molecule has 0 radical (unpaired) electrons. The molecule has 148 heavy (non-hydrogen) atoms. The van der Waals surface area contributed by atoms with Crippen LogP contribution < -0.4 is 14.7 Å². The van der Waals surface area contributed by atoms with Gasteiger partial charge in [-0.3, -0.25) is 57.8 Å². The van der Waals surface area contributed by atoms with Crippen molar-refractivity contribution in [2.45, 2.75) is 107 Å². The van der Waals surface area contributed by atoms with E-state index < -0.39 is 16.7 Å². The Bertz CT molecular complexity index is 6870. The van der Waals surface area contributed by atoms with E-state index in [9.17, 15) is 81.4 Å². The molecule has 7 heterocycles. The Morgan fingerprint density at radius 3 is 1.43 bits per heavy atom. The first-order valence-electron chi connectivity index (χ1n) is 47.4. The number of aliphatic hydroxyl groups is 1. The number of ketones is 1. The molecule has 2 aliphatic heterocycles. The Kier molecular flexibility index (Phi) is 44.2. The number of phenols is 1. The average molecular weight is 2090 g/mol. The van der Waals surface area contributed by atoms with Crippen LogP contribution in [0.1, 0.15) is 211 Å². The maximum atomic E-state index is 12.4. The third-order valence-electron chi connectivity index (χ3n) is 24.3. The SMILES string of the molecule is CC1(C)CCN2CCC(C)(C)C3=C(O)C(C=O)CC1=C32.CCCCN(CCCC)c1ccc(C=O)cc1.CCN(CC)c1ccc(C=O)c(O)c1.Cn1cc(C(=O)c2ccc([N+](=O)[O-])cc2)cc1C=O.N#Cc1ccc(C=O)cc1.O=Cc1ccc(N(c2ccccc2)c2ccccc2)cc1.O=Cc1cccn1-c1cc(Cl)cc(Cl)c1.O=Cc1cccn1-c1ccc(Cl)cc1.O=Cc1cccn1-c1ncc(C(F)(F)F)cc1Cl. The summed E-state index contributed by atoms with van der Waals surface area (Å²) in [7, 11) is 1.66. The Balaban J connectivity index is 0.000000186. The summed E-state index contributed by atoms with van der Waals surface area (Å²) in [6.07, 6.45) is 17.5. The van der Waals surface area contributed by atoms with Gasteiger partial charge in [-0.25, -0.2) is 4.98 Å². The Hall–Kier alpha value is -15.9. The van der Waals surface area contributed by atoms with E-state index in [1.165, 1.54) is 89.8 Å². The van der Waals surface area contributed by atoms with Crippen molar-refractivity contribution in [2.24, 2.45) is 23.8 Å². The molecule has 766 valence electrons. The van der Waals surface area contributed by atoms with E-state index in [1.54, 1.807) is 120 Å². The molecule has 1 aliphatic carbocycles. The summed E-state index contributed by atoms with van der Waals surface area (Å²) >= 11 is 23.3. The fourth-order valence-corrected chi connectivity index (χ4v) is 17.0. The number of aliphatic hydroxyl groups excluding tert-OH is 1. The topological polar surface area (TPSA) is 324 Å². The van der Waals surface area contributed by atoms with Crippen molar-refractivity contribution in [1.29, 1.82) is 5.26 Å². The molecule has 1 unspecified atom stereocenters. The second-order valence-corrected chi connectivity index (χ2v) is 36.9. The molecule has 1 saturated heterocycles. The zero-order valence-electron chi connectivity index (χ0n) is 83.1. The van der Waals surface area contributed by atoms with Gasteiger partial charge in [-0.15, -0.1) is 0 Å². The van der Waals surface area contributed by atoms with Crippen LogP contribution in [-0.4, -0.2) is 145 Å². The number of para-hydroxylation sites is 2. The molecule has 0 amide bonds. The van der Waals surface area contributed by atoms with Crippen LogP contribution in [0.4, 0.5) is 47.3 Å². The van der Waals surface area contributed by atoms with Gasteiger partial charge in [0.2, 0.25) is 0 Å². The van der Waals surface area contributed by atoms with Gasteiger partial charge in [0, 0.05) is 189 Å². The number of nitrogens with zero attached hydrogens (tertiary/aromatic N) is 11. The number of alkyl halides is 3. The van der Waals surface area contributed by atoms with E-state index >= 15 is 0 Å². The number of unbranched alkanes of at least 4 members (excludes halogenated alkanes) is 2. The van der Waals surface area contributed by atoms with Crippen LogP contribution in [0.5, 0.6) is 5.75 Å². The predicted octanol–water partition coefficient (Wildman–Crippen LogP) is 27.6. The number of nitro groups is 1. The molecule has 0 saturated carbocycles. The summed E-state index contributed by atoms with van der Waals surface area (Å²) in [5.41, 5.74) is 15.3. The lowest BCUT2D eigenvalue weighted by molar-refractivity contribution is -0.384. The summed E-state index contributed by atoms with van der Waals surface area (Å²) in [4.78, 5) is 131. The largest absolute Gasteiger partial charge is 0.511 e. The number of aromatic nitrogens is 5. The van der Waals surface area contributed by atoms with E-state index in [0.29, 0.717) is 103 Å². The van der Waals surface area contributed by atoms with Crippen molar-refractivity contribution in [3.8, 4) is 29.0 Å². The number of benzene rings is 9. The second kappa shape index (κ2) is 56.5. The Morgan fingerprint density at radius 2 is 0.986 bits per heavy atom. The Morgan fingerprint density at radius 1 is 0.514 bits per heavy atom. The third-order valence-corrected chi connectivity index (χ3v) is 25.3. The molecule has 9 aromatic carbocycles. The molecular weight excluding hydrogens is 1970 g/mol. The molecule has 0 spiro atoms. The fraction of sp³-hybridized carbons (Fsp3) is 0.224. The number of pyridine rings is 1. The zero-order valence-corrected chi connectivity index (χ0v) is 86.1. The van der Waals surface area contributed by atoms with Crippen LogP contribution in [-0.2, 0) is 18.0 Å². The molecule has 25 nitrogen and oxygen atoms in total. The lowest BCUT2D eigenvalue weighted by Crippen LogP contribution is -2.47. The predicted molar refractivity (Wildman–Crippen MR) is 577 cm³/mol. The molecule has 1 fully saturated rings. The van der Waals surface area contributed by atoms with Crippen molar-refractivity contribution in [1.82, 2.24) is 28.2 Å². The lowest BCUT2D eigenvalue weighted by atomic mass is 9.63. The van der Waals surface area contributed by atoms with Gasteiger partial charge in [0.25, 0.3) is 5.69 Å². The summed E-state index contributed by atoms with van der Waals surface area (Å²) in [5.74, 6) is -0.175. The van der Waals surface area contributed by atoms with Crippen molar-refractivity contribution in [2.75, 3.05) is 54.0 Å². The van der Waals surface area contributed by atoms with Crippen molar-refractivity contribution in [3.63, 3.8) is 0 Å². The van der Waals surface area contributed by atoms with Crippen molar-refractivity contribution >= 4 is 143 Å². The van der Waals surface area contributed by atoms with Crippen LogP contribution in [0.3, 0.4) is 0 Å². The molecule has 1 atom stereocenters. The van der Waals surface area contributed by atoms with Crippen LogP contribution in [0.15, 0.2) is 321 Å². The molecule has 0 bridgehead atoms. The van der Waals surface area contributed by atoms with Gasteiger partial charge < -0.3 is 48.3 Å². The smallest absolute Gasteiger partial charge is 0.417 e. The van der Waals surface area contributed by atoms with Crippen LogP contribution in [0.25, 0.3) is 17.2 Å². The van der Waals surface area contributed by atoms with Gasteiger partial charge in [0.15, 0.2) is 43.0 Å². The molecule has 17 rings (SSSR count). The van der Waals surface area contributed by atoms with Gasteiger partial charge in [0.1, 0.15) is 36.7 Å². The molecular formula is C116H114Cl4F3N11O14. The average Bonchev–Trinajstić information content (AvgIpc) is 0.787. The molecule has 3 aliphatic rings. The Labute approximate surface area is 878 Å². The highest BCUT2D eigenvalue weighted by molar-refractivity contribution is 6.35. The number of aromatic hydroxyl groups is 1. The number of hydrogen-bond donors (Lipinski definition) is 2. The number of rotatable bonds is 28. The van der Waals surface area contributed by atoms with E-state index in [2.05, 4.69) is 103 Å². The first-order valence-corrected chi connectivity index (χ1v) is 48.9. The summed E-state index contributed by atoms with van der Waals surface area (Å²) < 4.78 is 43.7. The number of phenolic OH excluding ortho intramolecular Hbond substituents is 1. The number of piperidine rings is 1. The minimum atomic E-state index is -4.50. The van der Waals surface area contributed by atoms with Gasteiger partial charge in [-0.2, -0.15) is 18.4 Å². The van der Waals surface area contributed by atoms with Crippen molar-refractivity contribution < 1.29 is 76.3 Å². The number of carbonyl (C=O) groups is 10. The molecule has 14 aromatic rings. The van der Waals surface area contributed by atoms with Gasteiger partial charge in [0.05, 0.1) is 61.4 Å². The minimum Gasteiger partial charge on any atom is -0.511 e. The monoisotopic (exact) mass is 2080 g/mol. The van der Waals surface area contributed by atoms with E-state index in [1.807, 2.05) is 128 Å². The number of aldehydes is 9. The molecule has 32 heteroatoms. The van der Waals surface area contributed by atoms with Crippen LogP contribution in [0, 0.1) is 38.2 Å². The minimum absolute atomic E-state index is 0.0454. The highest BCUT2D eigenvalue weighted by Crippen LogP contribution is 2.55. The number of anilines is 5. The number of nitriles is 1. The number of nitro benzene ring substituents is 1. The maximum Gasteiger partial charge on any atom is 0.417 e. The van der Waals surface area contributed by atoms with Gasteiger partial charge in [-0.05, 0) is 263 Å². The van der Waals surface area contributed by atoms with Gasteiger partial charge >= 0.3 is 6.18 Å². The fourth-order valence-electron chi connectivity index (χ4n) is 16.1. The van der Waals surface area contributed by atoms with Crippen LogP contribution >= 0.6 is 46.4 Å². The van der Waals surface area contributed by atoms with Crippen LogP contribution in [0.2, 0.25) is 20.1 Å². The third kappa shape index (κ3) is 32.0. The number of carbonyl (C=O) groups excluding carboxylic acids is 10. The first kappa shape index (κ1) is 116.